The summed E-state index contributed by atoms with van der Waals surface area (Å²) in [4.78, 5) is 9.71. The molecule has 0 radical (unpaired) electrons. The summed E-state index contributed by atoms with van der Waals surface area (Å²) in [6.45, 7) is 13.5. The number of nitrogens with one attached hydrogen (secondary N) is 1. The summed E-state index contributed by atoms with van der Waals surface area (Å²) in [7, 11) is 2.13. The van der Waals surface area contributed by atoms with Gasteiger partial charge < -0.3 is 10.2 Å². The van der Waals surface area contributed by atoms with Gasteiger partial charge in [0.25, 0.3) is 0 Å². The molecule has 0 aromatic carbocycles. The molecular weight excluding hydrogens is 260 g/mol. The van der Waals surface area contributed by atoms with Gasteiger partial charge in [0.1, 0.15) is 0 Å². The van der Waals surface area contributed by atoms with Crippen molar-refractivity contribution >= 4 is 5.96 Å². The molecule has 0 aromatic rings. The van der Waals surface area contributed by atoms with E-state index in [9.17, 15) is 0 Å². The van der Waals surface area contributed by atoms with Gasteiger partial charge in [-0.25, -0.2) is 0 Å². The number of hydrogen-bond donors (Lipinski definition) is 1. The van der Waals surface area contributed by atoms with Gasteiger partial charge in [-0.3, -0.25) is 9.89 Å². The molecule has 1 saturated heterocycles. The number of nitrogens with zero attached hydrogens (tertiary/aromatic N) is 3. The first-order valence-corrected chi connectivity index (χ1v) is 8.57. The molecule has 122 valence electrons. The van der Waals surface area contributed by atoms with Gasteiger partial charge >= 0.3 is 0 Å². The summed E-state index contributed by atoms with van der Waals surface area (Å²) in [5.41, 5.74) is 0. The number of allylic oxidation sites excluding steroid dienone is 1. The van der Waals surface area contributed by atoms with E-state index >= 15 is 0 Å². The van der Waals surface area contributed by atoms with Crippen LogP contribution in [0.4, 0.5) is 0 Å². The van der Waals surface area contributed by atoms with Crippen molar-refractivity contribution in [3.63, 3.8) is 0 Å². The highest BCUT2D eigenvalue weighted by Gasteiger charge is 2.20. The van der Waals surface area contributed by atoms with E-state index in [1.54, 1.807) is 0 Å². The molecule has 1 rings (SSSR count). The number of hydrogen-bond acceptors (Lipinski definition) is 2. The van der Waals surface area contributed by atoms with Crippen LogP contribution in [0.25, 0.3) is 0 Å². The lowest BCUT2D eigenvalue weighted by atomic mass is 10.2. The standard InChI is InChI=1S/C17H34N4/c1-5-8-9-12-20(4)17(18-7-3)19-15-16(6-2)21-13-10-11-14-21/h5,16H,1,6-15H2,2-4H3,(H,18,19). The topological polar surface area (TPSA) is 30.9 Å². The van der Waals surface area contributed by atoms with Crippen LogP contribution in [0.1, 0.15) is 46.0 Å². The second kappa shape index (κ2) is 10.7. The third-order valence-corrected chi connectivity index (χ3v) is 4.18. The first kappa shape index (κ1) is 18.0. The van der Waals surface area contributed by atoms with Crippen molar-refractivity contribution in [1.82, 2.24) is 15.1 Å². The monoisotopic (exact) mass is 294 g/mol. The van der Waals surface area contributed by atoms with E-state index in [0.29, 0.717) is 6.04 Å². The Morgan fingerprint density at radius 1 is 1.38 bits per heavy atom. The predicted molar refractivity (Wildman–Crippen MR) is 92.9 cm³/mol. The molecule has 1 aliphatic heterocycles. The molecule has 0 aromatic heterocycles. The van der Waals surface area contributed by atoms with Crippen molar-refractivity contribution in [3.8, 4) is 0 Å². The number of aliphatic imine (C=N–C) groups is 1. The maximum absolute atomic E-state index is 4.87. The highest BCUT2D eigenvalue weighted by atomic mass is 15.3. The van der Waals surface area contributed by atoms with Gasteiger partial charge in [-0.05, 0) is 52.1 Å². The highest BCUT2D eigenvalue weighted by molar-refractivity contribution is 5.79. The summed E-state index contributed by atoms with van der Waals surface area (Å²) in [5.74, 6) is 1.04. The van der Waals surface area contributed by atoms with Crippen LogP contribution in [0.5, 0.6) is 0 Å². The average Bonchev–Trinajstić information content (AvgIpc) is 3.01. The first-order chi connectivity index (χ1) is 10.2. The Bertz CT molecular complexity index is 308. The Morgan fingerprint density at radius 3 is 2.67 bits per heavy atom. The lowest BCUT2D eigenvalue weighted by molar-refractivity contribution is 0.241. The van der Waals surface area contributed by atoms with E-state index in [2.05, 4.69) is 42.6 Å². The maximum atomic E-state index is 4.87. The highest BCUT2D eigenvalue weighted by Crippen LogP contribution is 2.14. The lowest BCUT2D eigenvalue weighted by Crippen LogP contribution is -2.41. The fourth-order valence-electron chi connectivity index (χ4n) is 2.85. The Hall–Kier alpha value is -1.03. The van der Waals surface area contributed by atoms with Crippen molar-refractivity contribution < 1.29 is 0 Å². The Kier molecular flexibility index (Phi) is 9.15. The molecule has 0 bridgehead atoms. The van der Waals surface area contributed by atoms with E-state index in [4.69, 9.17) is 4.99 Å². The van der Waals surface area contributed by atoms with Gasteiger partial charge in [-0.15, -0.1) is 6.58 Å². The normalized spacial score (nSPS) is 17.8. The lowest BCUT2D eigenvalue weighted by Gasteiger charge is -2.27. The van der Waals surface area contributed by atoms with Crippen molar-refractivity contribution in [1.29, 1.82) is 0 Å². The van der Waals surface area contributed by atoms with Crippen molar-refractivity contribution in [2.75, 3.05) is 39.8 Å². The molecule has 1 unspecified atom stereocenters. The van der Waals surface area contributed by atoms with Crippen LogP contribution in [0.15, 0.2) is 17.6 Å². The maximum Gasteiger partial charge on any atom is 0.193 e. The predicted octanol–water partition coefficient (Wildman–Crippen LogP) is 2.72. The molecule has 0 saturated carbocycles. The SMILES string of the molecule is C=CCCCN(C)C(=NCC(CC)N1CCCC1)NCC. The Balaban J connectivity index is 2.53. The molecule has 1 N–H and O–H groups in total. The molecule has 0 aliphatic carbocycles. The van der Waals surface area contributed by atoms with Crippen LogP contribution in [-0.2, 0) is 0 Å². The van der Waals surface area contributed by atoms with Crippen LogP contribution >= 0.6 is 0 Å². The molecule has 4 nitrogen and oxygen atoms in total. The van der Waals surface area contributed by atoms with Crippen LogP contribution in [0, 0.1) is 0 Å². The summed E-state index contributed by atoms with van der Waals surface area (Å²) in [6.07, 6.45) is 8.06. The van der Waals surface area contributed by atoms with Gasteiger partial charge in [0, 0.05) is 26.2 Å². The summed E-state index contributed by atoms with van der Waals surface area (Å²) in [5, 5.41) is 3.41. The van der Waals surface area contributed by atoms with Gasteiger partial charge in [0.15, 0.2) is 5.96 Å². The molecule has 1 aliphatic rings. The molecule has 1 heterocycles. The number of unbranched alkanes of at least 4 members (excludes halogenated alkanes) is 1. The smallest absolute Gasteiger partial charge is 0.193 e. The zero-order valence-electron chi connectivity index (χ0n) is 14.3. The quantitative estimate of drug-likeness (QED) is 0.307. The van der Waals surface area contributed by atoms with E-state index in [1.807, 2.05) is 6.08 Å². The second-order valence-corrected chi connectivity index (χ2v) is 5.85. The van der Waals surface area contributed by atoms with E-state index in [-0.39, 0.29) is 0 Å². The molecule has 0 amide bonds. The largest absolute Gasteiger partial charge is 0.357 e. The Morgan fingerprint density at radius 2 is 2.10 bits per heavy atom. The molecular formula is C17H34N4. The van der Waals surface area contributed by atoms with Gasteiger partial charge in [0.05, 0.1) is 6.54 Å². The summed E-state index contributed by atoms with van der Waals surface area (Å²) in [6, 6.07) is 0.600. The first-order valence-electron chi connectivity index (χ1n) is 8.57. The van der Waals surface area contributed by atoms with E-state index in [1.165, 1.54) is 32.4 Å². The summed E-state index contributed by atoms with van der Waals surface area (Å²) >= 11 is 0. The van der Waals surface area contributed by atoms with Gasteiger partial charge in [0.2, 0.25) is 0 Å². The molecule has 1 atom stereocenters. The van der Waals surface area contributed by atoms with Crippen molar-refractivity contribution in [2.45, 2.75) is 52.0 Å². The molecule has 1 fully saturated rings. The minimum atomic E-state index is 0.600. The molecule has 4 heteroatoms. The minimum Gasteiger partial charge on any atom is -0.357 e. The van der Waals surface area contributed by atoms with Crippen LogP contribution < -0.4 is 5.32 Å². The van der Waals surface area contributed by atoms with E-state index in [0.717, 1.165) is 38.4 Å². The Labute approximate surface area is 131 Å². The zero-order valence-corrected chi connectivity index (χ0v) is 14.3. The molecule has 21 heavy (non-hydrogen) atoms. The summed E-state index contributed by atoms with van der Waals surface area (Å²) < 4.78 is 0. The average molecular weight is 294 g/mol. The van der Waals surface area contributed by atoms with Gasteiger partial charge in [-0.1, -0.05) is 13.0 Å². The fourth-order valence-corrected chi connectivity index (χ4v) is 2.85. The molecule has 0 spiro atoms. The third kappa shape index (κ3) is 6.51. The van der Waals surface area contributed by atoms with Crippen LogP contribution in [0.2, 0.25) is 0 Å². The van der Waals surface area contributed by atoms with E-state index < -0.39 is 0 Å². The number of rotatable bonds is 9. The van der Waals surface area contributed by atoms with Crippen molar-refractivity contribution in [2.24, 2.45) is 4.99 Å². The van der Waals surface area contributed by atoms with Crippen molar-refractivity contribution in [3.05, 3.63) is 12.7 Å². The minimum absolute atomic E-state index is 0.600. The van der Waals surface area contributed by atoms with Crippen LogP contribution in [0.3, 0.4) is 0 Å². The van der Waals surface area contributed by atoms with Gasteiger partial charge in [-0.2, -0.15) is 0 Å². The fraction of sp³-hybridized carbons (Fsp3) is 0.824. The van der Waals surface area contributed by atoms with Crippen LogP contribution in [-0.4, -0.2) is 61.6 Å². The third-order valence-electron chi connectivity index (χ3n) is 4.18. The second-order valence-electron chi connectivity index (χ2n) is 5.85. The zero-order chi connectivity index (χ0) is 15.5. The number of likely N-dealkylation sites (tertiary alicyclic amines) is 1. The number of guanidine groups is 1.